The summed E-state index contributed by atoms with van der Waals surface area (Å²) in [7, 11) is 0. The summed E-state index contributed by atoms with van der Waals surface area (Å²) in [5.74, 6) is 0.155. The summed E-state index contributed by atoms with van der Waals surface area (Å²) in [6, 6.07) is 0.568. The van der Waals surface area contributed by atoms with Crippen LogP contribution in [0.4, 0.5) is 5.69 Å². The number of anilines is 1. The molecule has 6 heteroatoms. The normalized spacial score (nSPS) is 23.1. The predicted octanol–water partition coefficient (Wildman–Crippen LogP) is 0.389. The van der Waals surface area contributed by atoms with Crippen LogP contribution >= 0.6 is 0 Å². The zero-order chi connectivity index (χ0) is 14.3. The monoisotopic (exact) mass is 277 g/mol. The van der Waals surface area contributed by atoms with E-state index in [9.17, 15) is 4.79 Å². The van der Waals surface area contributed by atoms with Crippen molar-refractivity contribution in [2.24, 2.45) is 0 Å². The minimum absolute atomic E-state index is 0.155. The van der Waals surface area contributed by atoms with Crippen LogP contribution in [0, 0.1) is 13.8 Å². The fourth-order valence-electron chi connectivity index (χ4n) is 3.31. The summed E-state index contributed by atoms with van der Waals surface area (Å²) in [5.41, 5.74) is 8.29. The van der Waals surface area contributed by atoms with Crippen LogP contribution in [0.3, 0.4) is 0 Å². The molecule has 110 valence electrons. The molecule has 20 heavy (non-hydrogen) atoms. The Morgan fingerprint density at radius 1 is 1.35 bits per heavy atom. The molecule has 2 aliphatic heterocycles. The van der Waals surface area contributed by atoms with E-state index in [1.807, 2.05) is 18.7 Å². The number of aryl methyl sites for hydroxylation is 1. The highest BCUT2D eigenvalue weighted by Crippen LogP contribution is 2.22. The quantitative estimate of drug-likeness (QED) is 0.849. The zero-order valence-electron chi connectivity index (χ0n) is 12.3. The Bertz CT molecular complexity index is 524. The molecule has 0 aliphatic carbocycles. The molecular weight excluding hydrogens is 254 g/mol. The highest BCUT2D eigenvalue weighted by Gasteiger charge is 2.32. The average Bonchev–Trinajstić information content (AvgIpc) is 2.99. The molecule has 1 amide bonds. The van der Waals surface area contributed by atoms with E-state index in [0.29, 0.717) is 18.3 Å². The summed E-state index contributed by atoms with van der Waals surface area (Å²) in [6.45, 7) is 8.00. The summed E-state index contributed by atoms with van der Waals surface area (Å²) in [6.07, 6.45) is 2.48. The van der Waals surface area contributed by atoms with E-state index in [1.165, 1.54) is 19.4 Å². The number of fused-ring (bicyclic) bond motifs is 1. The molecule has 3 heterocycles. The van der Waals surface area contributed by atoms with Crippen molar-refractivity contribution in [3.63, 3.8) is 0 Å². The lowest BCUT2D eigenvalue weighted by molar-refractivity contribution is -0.134. The molecule has 1 unspecified atom stereocenters. The third kappa shape index (κ3) is 2.28. The van der Waals surface area contributed by atoms with E-state index in [2.05, 4.69) is 10.00 Å². The van der Waals surface area contributed by atoms with Crippen LogP contribution < -0.4 is 5.73 Å². The number of nitrogen functional groups attached to an aromatic ring is 1. The van der Waals surface area contributed by atoms with Gasteiger partial charge in [0.25, 0.3) is 0 Å². The standard InChI is InChI=1S/C14H23N5O/c1-10-14(15)11(2)19(16-10)9-13(20)18-7-6-17-5-3-4-12(17)8-18/h12H,3-9,15H2,1-2H3. The molecule has 0 saturated carbocycles. The Kier molecular flexibility index (Phi) is 3.41. The number of amides is 1. The molecular formula is C14H23N5O. The van der Waals surface area contributed by atoms with Crippen molar-refractivity contribution in [2.75, 3.05) is 31.9 Å². The second-order valence-electron chi connectivity index (χ2n) is 5.91. The fourth-order valence-corrected chi connectivity index (χ4v) is 3.31. The van der Waals surface area contributed by atoms with Gasteiger partial charge in [0.1, 0.15) is 6.54 Å². The Balaban J connectivity index is 1.66. The number of hydrogen-bond acceptors (Lipinski definition) is 4. The maximum absolute atomic E-state index is 12.4. The van der Waals surface area contributed by atoms with E-state index in [0.717, 1.165) is 31.0 Å². The zero-order valence-corrected chi connectivity index (χ0v) is 12.3. The minimum Gasteiger partial charge on any atom is -0.396 e. The van der Waals surface area contributed by atoms with E-state index < -0.39 is 0 Å². The molecule has 1 aromatic rings. The third-order valence-electron chi connectivity index (χ3n) is 4.66. The largest absolute Gasteiger partial charge is 0.396 e. The van der Waals surface area contributed by atoms with E-state index in [4.69, 9.17) is 5.73 Å². The van der Waals surface area contributed by atoms with Gasteiger partial charge in [-0.2, -0.15) is 5.10 Å². The number of nitrogens with zero attached hydrogens (tertiary/aromatic N) is 4. The molecule has 6 nitrogen and oxygen atoms in total. The number of carbonyl (C=O) groups excluding carboxylic acids is 1. The lowest BCUT2D eigenvalue weighted by Crippen LogP contribution is -2.52. The van der Waals surface area contributed by atoms with Crippen LogP contribution in [0.1, 0.15) is 24.2 Å². The fraction of sp³-hybridized carbons (Fsp3) is 0.714. The van der Waals surface area contributed by atoms with Gasteiger partial charge in [0, 0.05) is 25.7 Å². The first-order chi connectivity index (χ1) is 9.56. The van der Waals surface area contributed by atoms with E-state index >= 15 is 0 Å². The van der Waals surface area contributed by atoms with Gasteiger partial charge in [0.15, 0.2) is 0 Å². The first kappa shape index (κ1) is 13.4. The topological polar surface area (TPSA) is 67.4 Å². The number of carbonyl (C=O) groups is 1. The molecule has 1 atom stereocenters. The van der Waals surface area contributed by atoms with Crippen molar-refractivity contribution in [2.45, 2.75) is 39.3 Å². The van der Waals surface area contributed by atoms with Crippen molar-refractivity contribution in [3.8, 4) is 0 Å². The number of rotatable bonds is 2. The van der Waals surface area contributed by atoms with Gasteiger partial charge in [0.05, 0.1) is 17.1 Å². The molecule has 0 spiro atoms. The van der Waals surface area contributed by atoms with Crippen molar-refractivity contribution >= 4 is 11.6 Å². The number of piperazine rings is 1. The number of aromatic nitrogens is 2. The Hall–Kier alpha value is -1.56. The van der Waals surface area contributed by atoms with Gasteiger partial charge >= 0.3 is 0 Å². The molecule has 0 aromatic carbocycles. The van der Waals surface area contributed by atoms with Gasteiger partial charge in [0.2, 0.25) is 5.91 Å². The van der Waals surface area contributed by atoms with Gasteiger partial charge in [-0.25, -0.2) is 0 Å². The van der Waals surface area contributed by atoms with Gasteiger partial charge in [-0.3, -0.25) is 14.4 Å². The maximum Gasteiger partial charge on any atom is 0.244 e. The highest BCUT2D eigenvalue weighted by molar-refractivity contribution is 5.76. The summed E-state index contributed by atoms with van der Waals surface area (Å²) >= 11 is 0. The Morgan fingerprint density at radius 2 is 2.15 bits per heavy atom. The maximum atomic E-state index is 12.4. The molecule has 1 aromatic heterocycles. The molecule has 0 bridgehead atoms. The van der Waals surface area contributed by atoms with E-state index in [1.54, 1.807) is 4.68 Å². The van der Waals surface area contributed by atoms with Gasteiger partial charge < -0.3 is 10.6 Å². The van der Waals surface area contributed by atoms with E-state index in [-0.39, 0.29) is 5.91 Å². The van der Waals surface area contributed by atoms with Crippen molar-refractivity contribution in [1.29, 1.82) is 0 Å². The molecule has 2 aliphatic rings. The second kappa shape index (κ2) is 5.09. The molecule has 2 saturated heterocycles. The summed E-state index contributed by atoms with van der Waals surface area (Å²) in [5, 5.41) is 4.34. The summed E-state index contributed by atoms with van der Waals surface area (Å²) < 4.78 is 1.73. The first-order valence-corrected chi connectivity index (χ1v) is 7.37. The molecule has 2 fully saturated rings. The number of hydrogen-bond donors (Lipinski definition) is 1. The van der Waals surface area contributed by atoms with Gasteiger partial charge in [-0.05, 0) is 33.2 Å². The van der Waals surface area contributed by atoms with Gasteiger partial charge in [-0.1, -0.05) is 0 Å². The van der Waals surface area contributed by atoms with Crippen LogP contribution in [0.2, 0.25) is 0 Å². The molecule has 0 radical (unpaired) electrons. The van der Waals surface area contributed by atoms with Crippen LogP contribution in [-0.4, -0.2) is 57.7 Å². The minimum atomic E-state index is 0.155. The Morgan fingerprint density at radius 3 is 2.85 bits per heavy atom. The van der Waals surface area contributed by atoms with Crippen molar-refractivity contribution in [3.05, 3.63) is 11.4 Å². The first-order valence-electron chi connectivity index (χ1n) is 7.37. The average molecular weight is 277 g/mol. The molecule has 2 N–H and O–H groups in total. The van der Waals surface area contributed by atoms with Crippen LogP contribution in [-0.2, 0) is 11.3 Å². The van der Waals surface area contributed by atoms with Crippen LogP contribution in [0.15, 0.2) is 0 Å². The number of nitrogens with two attached hydrogens (primary N) is 1. The summed E-state index contributed by atoms with van der Waals surface area (Å²) in [4.78, 5) is 16.9. The van der Waals surface area contributed by atoms with Crippen LogP contribution in [0.5, 0.6) is 0 Å². The van der Waals surface area contributed by atoms with Crippen LogP contribution in [0.25, 0.3) is 0 Å². The predicted molar refractivity (Wildman–Crippen MR) is 77.3 cm³/mol. The lowest BCUT2D eigenvalue weighted by Gasteiger charge is -2.37. The third-order valence-corrected chi connectivity index (χ3v) is 4.66. The lowest BCUT2D eigenvalue weighted by atomic mass is 10.1. The van der Waals surface area contributed by atoms with Crippen molar-refractivity contribution < 1.29 is 4.79 Å². The van der Waals surface area contributed by atoms with Gasteiger partial charge in [-0.15, -0.1) is 0 Å². The Labute approximate surface area is 119 Å². The molecule has 3 rings (SSSR count). The SMILES string of the molecule is Cc1nn(CC(=O)N2CCN3CCCC3C2)c(C)c1N. The highest BCUT2D eigenvalue weighted by atomic mass is 16.2. The van der Waals surface area contributed by atoms with Crippen molar-refractivity contribution in [1.82, 2.24) is 19.6 Å². The smallest absolute Gasteiger partial charge is 0.244 e. The second-order valence-corrected chi connectivity index (χ2v) is 5.91.